The fourth-order valence-electron chi connectivity index (χ4n) is 8.84. The fourth-order valence-corrected chi connectivity index (χ4v) is 8.84. The van der Waals surface area contributed by atoms with E-state index in [1.54, 1.807) is 54.6 Å². The summed E-state index contributed by atoms with van der Waals surface area (Å²) in [6.45, 7) is 4.00. The minimum absolute atomic E-state index is 0.0284. The summed E-state index contributed by atoms with van der Waals surface area (Å²) in [5.41, 5.74) is 3.13. The SMILES string of the molecule is CCOc1cc([C@H]2C3=CC[C@@H]4C(=O)N(c5ccc(Nc6ccccc6)cc5)C(=O)[C@@H]4[C@@H]3C[C@H]3C(=O)N(c4ccccc4)C(=O)[C@@]23C)ccc1O. The number of carbonyl (C=O) groups excluding carboxylic acids is 4. The van der Waals surface area contributed by atoms with Crippen molar-refractivity contribution in [2.45, 2.75) is 32.6 Å². The molecule has 4 aromatic carbocycles. The van der Waals surface area contributed by atoms with E-state index in [1.807, 2.05) is 68.5 Å². The van der Waals surface area contributed by atoms with E-state index in [0.29, 0.717) is 30.0 Å². The van der Waals surface area contributed by atoms with Gasteiger partial charge in [0.2, 0.25) is 23.6 Å². The number of anilines is 4. The second kappa shape index (κ2) is 12.0. The monoisotopic (exact) mass is 667 g/mol. The van der Waals surface area contributed by atoms with Gasteiger partial charge in [0, 0.05) is 17.3 Å². The van der Waals surface area contributed by atoms with Crippen LogP contribution in [-0.2, 0) is 19.2 Å². The van der Waals surface area contributed by atoms with Crippen LogP contribution in [0.4, 0.5) is 22.7 Å². The number of phenols is 1. The van der Waals surface area contributed by atoms with Gasteiger partial charge in [0.25, 0.3) is 0 Å². The van der Waals surface area contributed by atoms with Gasteiger partial charge < -0.3 is 15.2 Å². The second-order valence-corrected chi connectivity index (χ2v) is 13.7. The number of hydrogen-bond donors (Lipinski definition) is 2. The van der Waals surface area contributed by atoms with Crippen molar-refractivity contribution in [3.8, 4) is 11.5 Å². The van der Waals surface area contributed by atoms with Gasteiger partial charge in [0.15, 0.2) is 11.5 Å². The maximum atomic E-state index is 14.6. The summed E-state index contributed by atoms with van der Waals surface area (Å²) >= 11 is 0. The third kappa shape index (κ3) is 4.75. The lowest BCUT2D eigenvalue weighted by molar-refractivity contribution is -0.131. The second-order valence-electron chi connectivity index (χ2n) is 13.7. The predicted molar refractivity (Wildman–Crippen MR) is 189 cm³/mol. The maximum absolute atomic E-state index is 14.6. The molecule has 4 amide bonds. The molecule has 3 fully saturated rings. The van der Waals surface area contributed by atoms with Gasteiger partial charge in [-0.1, -0.05) is 54.1 Å². The van der Waals surface area contributed by atoms with Crippen molar-refractivity contribution in [2.75, 3.05) is 21.7 Å². The Morgan fingerprint density at radius 2 is 1.44 bits per heavy atom. The van der Waals surface area contributed by atoms with Crippen LogP contribution in [0.3, 0.4) is 0 Å². The Morgan fingerprint density at radius 3 is 2.14 bits per heavy atom. The van der Waals surface area contributed by atoms with E-state index in [9.17, 15) is 24.3 Å². The molecule has 0 bridgehead atoms. The minimum Gasteiger partial charge on any atom is -0.504 e. The van der Waals surface area contributed by atoms with Crippen molar-refractivity contribution in [1.29, 1.82) is 0 Å². The average molecular weight is 668 g/mol. The molecule has 0 radical (unpaired) electrons. The molecule has 6 atom stereocenters. The molecular weight excluding hydrogens is 630 g/mol. The van der Waals surface area contributed by atoms with Crippen LogP contribution in [0.2, 0.25) is 0 Å². The van der Waals surface area contributed by atoms with E-state index in [2.05, 4.69) is 5.32 Å². The molecule has 2 N–H and O–H groups in total. The molecule has 252 valence electrons. The van der Waals surface area contributed by atoms with Gasteiger partial charge in [-0.05, 0) is 98.8 Å². The number of aromatic hydroxyl groups is 1. The number of hydrogen-bond acceptors (Lipinski definition) is 7. The molecular formula is C41H37N3O6. The Morgan fingerprint density at radius 1 is 0.780 bits per heavy atom. The Balaban J connectivity index is 1.18. The zero-order valence-electron chi connectivity index (χ0n) is 27.8. The average Bonchev–Trinajstić information content (AvgIpc) is 3.50. The summed E-state index contributed by atoms with van der Waals surface area (Å²) in [5.74, 6) is -3.98. The van der Waals surface area contributed by atoms with Crippen molar-refractivity contribution in [2.24, 2.45) is 29.1 Å². The number of nitrogens with one attached hydrogen (secondary N) is 1. The third-order valence-corrected chi connectivity index (χ3v) is 11.1. The van der Waals surface area contributed by atoms with Gasteiger partial charge in [0.05, 0.1) is 41.2 Å². The molecule has 8 rings (SSSR count). The molecule has 2 saturated heterocycles. The zero-order valence-corrected chi connectivity index (χ0v) is 27.8. The molecule has 9 nitrogen and oxygen atoms in total. The predicted octanol–water partition coefficient (Wildman–Crippen LogP) is 6.97. The van der Waals surface area contributed by atoms with Crippen molar-refractivity contribution < 1.29 is 29.0 Å². The van der Waals surface area contributed by atoms with Crippen molar-refractivity contribution >= 4 is 46.4 Å². The molecule has 50 heavy (non-hydrogen) atoms. The number of ether oxygens (including phenoxy) is 1. The molecule has 0 aromatic heterocycles. The summed E-state index contributed by atoms with van der Waals surface area (Å²) in [7, 11) is 0. The van der Waals surface area contributed by atoms with E-state index in [0.717, 1.165) is 16.9 Å². The summed E-state index contributed by atoms with van der Waals surface area (Å²) < 4.78 is 5.75. The van der Waals surface area contributed by atoms with Crippen molar-refractivity contribution in [3.05, 3.63) is 120 Å². The standard InChI is InChI=1S/C41H37N3O6/c1-3-50-34-22-24(14-21-33(34)45)36-29-19-20-30-35(31(29)23-32-38(47)44(40(49)41(32,36)2)27-12-8-5-9-13-27)39(48)43(37(30)46)28-17-15-26(16-18-28)42-25-10-6-4-7-11-25/h4-19,21-22,30-32,35-36,42,45H,3,20,23H2,1-2H3/t30-,31+,32-,35-,36-,41+/m0/s1. The number of benzene rings is 4. The number of phenolic OH excluding ortho intramolecular Hbond substituents is 1. The molecule has 0 unspecified atom stereocenters. The lowest BCUT2D eigenvalue weighted by Gasteiger charge is -2.49. The highest BCUT2D eigenvalue weighted by Gasteiger charge is 2.67. The van der Waals surface area contributed by atoms with Gasteiger partial charge in [-0.15, -0.1) is 0 Å². The summed E-state index contributed by atoms with van der Waals surface area (Å²) in [5, 5.41) is 13.9. The number of para-hydroxylation sites is 2. The fraction of sp³-hybridized carbons (Fsp3) is 0.268. The number of nitrogens with zero attached hydrogens (tertiary/aromatic N) is 2. The first kappa shape index (κ1) is 31.6. The normalized spacial score (nSPS) is 27.1. The Kier molecular flexibility index (Phi) is 7.58. The van der Waals surface area contributed by atoms with Crippen LogP contribution in [-0.4, -0.2) is 35.3 Å². The summed E-state index contributed by atoms with van der Waals surface area (Å²) in [6, 6.07) is 30.9. The first-order valence-electron chi connectivity index (χ1n) is 17.1. The van der Waals surface area contributed by atoms with Crippen molar-refractivity contribution in [1.82, 2.24) is 0 Å². The van der Waals surface area contributed by atoms with Gasteiger partial charge in [-0.2, -0.15) is 0 Å². The van der Waals surface area contributed by atoms with Gasteiger partial charge in [-0.25, -0.2) is 4.90 Å². The van der Waals surface area contributed by atoms with E-state index in [-0.39, 0.29) is 41.5 Å². The first-order valence-corrected chi connectivity index (χ1v) is 17.1. The number of allylic oxidation sites excluding steroid dienone is 2. The number of imide groups is 2. The van der Waals surface area contributed by atoms with Crippen LogP contribution in [0, 0.1) is 29.1 Å². The quantitative estimate of drug-likeness (QED) is 0.162. The van der Waals surface area contributed by atoms with E-state index in [1.165, 1.54) is 9.80 Å². The molecule has 1 saturated carbocycles. The van der Waals surface area contributed by atoms with Crippen molar-refractivity contribution in [3.63, 3.8) is 0 Å². The molecule has 2 heterocycles. The largest absolute Gasteiger partial charge is 0.504 e. The van der Waals surface area contributed by atoms with Gasteiger partial charge in [0.1, 0.15) is 0 Å². The molecule has 2 aliphatic heterocycles. The number of amides is 4. The molecule has 4 aliphatic rings. The Bertz CT molecular complexity index is 2050. The molecule has 4 aromatic rings. The number of rotatable bonds is 7. The lowest BCUT2D eigenvalue weighted by atomic mass is 9.51. The summed E-state index contributed by atoms with van der Waals surface area (Å²) in [6.07, 6.45) is 2.62. The first-order chi connectivity index (χ1) is 24.2. The maximum Gasteiger partial charge on any atom is 0.241 e. The highest BCUT2D eigenvalue weighted by Crippen LogP contribution is 2.64. The number of carbonyl (C=O) groups is 4. The van der Waals surface area contributed by atoms with E-state index in [4.69, 9.17) is 4.74 Å². The van der Waals surface area contributed by atoms with E-state index < -0.39 is 35.0 Å². The number of fused-ring (bicyclic) bond motifs is 4. The van der Waals surface area contributed by atoms with Crippen LogP contribution in [0.15, 0.2) is 115 Å². The van der Waals surface area contributed by atoms with Crippen LogP contribution in [0.25, 0.3) is 0 Å². The molecule has 2 aliphatic carbocycles. The van der Waals surface area contributed by atoms with Crippen LogP contribution in [0.5, 0.6) is 11.5 Å². The lowest BCUT2D eigenvalue weighted by Crippen LogP contribution is -2.48. The van der Waals surface area contributed by atoms with Gasteiger partial charge >= 0.3 is 0 Å². The minimum atomic E-state index is -1.19. The van der Waals surface area contributed by atoms with Gasteiger partial charge in [-0.3, -0.25) is 24.1 Å². The topological polar surface area (TPSA) is 116 Å². The highest BCUT2D eigenvalue weighted by atomic mass is 16.5. The Hall–Kier alpha value is -5.70. The van der Waals surface area contributed by atoms with E-state index >= 15 is 0 Å². The van der Waals surface area contributed by atoms with Crippen LogP contribution >= 0.6 is 0 Å². The highest BCUT2D eigenvalue weighted by molar-refractivity contribution is 6.25. The molecule has 9 heteroatoms. The zero-order chi connectivity index (χ0) is 34.7. The molecule has 0 spiro atoms. The smallest absolute Gasteiger partial charge is 0.241 e. The van der Waals surface area contributed by atoms with Crippen LogP contribution in [0.1, 0.15) is 38.2 Å². The third-order valence-electron chi connectivity index (χ3n) is 11.1. The Labute approximate surface area is 290 Å². The summed E-state index contributed by atoms with van der Waals surface area (Å²) in [4.78, 5) is 60.0. The van der Waals surface area contributed by atoms with Crippen LogP contribution < -0.4 is 19.9 Å².